The van der Waals surface area contributed by atoms with E-state index in [0.29, 0.717) is 18.7 Å². The van der Waals surface area contributed by atoms with Crippen LogP contribution in [0.3, 0.4) is 0 Å². The Morgan fingerprint density at radius 2 is 1.90 bits per heavy atom. The van der Waals surface area contributed by atoms with Gasteiger partial charge < -0.3 is 20.7 Å². The third-order valence-electron chi connectivity index (χ3n) is 5.39. The second kappa shape index (κ2) is 9.78. The summed E-state index contributed by atoms with van der Waals surface area (Å²) < 4.78 is 21.0. The lowest BCUT2D eigenvalue weighted by Crippen LogP contribution is -2.47. The maximum atomic E-state index is 13.8. The molecule has 1 aliphatic rings. The van der Waals surface area contributed by atoms with Crippen LogP contribution in [0.2, 0.25) is 0 Å². The quantitative estimate of drug-likeness (QED) is 0.681. The van der Waals surface area contributed by atoms with E-state index in [2.05, 4.69) is 5.32 Å². The van der Waals surface area contributed by atoms with E-state index in [1.807, 2.05) is 4.90 Å². The summed E-state index contributed by atoms with van der Waals surface area (Å²) in [5.74, 6) is -1.00. The van der Waals surface area contributed by atoms with Gasteiger partial charge in [0.15, 0.2) is 0 Å². The Hall–Kier alpha value is -3.14. The number of rotatable bonds is 7. The predicted octanol–water partition coefficient (Wildman–Crippen LogP) is 1.32. The van der Waals surface area contributed by atoms with Gasteiger partial charge in [0.1, 0.15) is 23.9 Å². The number of aryl methyl sites for hydroxylation is 1. The summed E-state index contributed by atoms with van der Waals surface area (Å²) in [6.45, 7) is 2.76. The fraction of sp³-hybridized carbons (Fsp3) is 0.476. The van der Waals surface area contributed by atoms with Crippen LogP contribution in [0.4, 0.5) is 21.6 Å². The third-order valence-corrected chi connectivity index (χ3v) is 5.39. The lowest BCUT2D eigenvalue weighted by atomic mass is 10.1. The number of carbonyl (C=O) groups excluding carboxylic acids is 1. The molecule has 1 aromatic heterocycles. The van der Waals surface area contributed by atoms with Crippen LogP contribution in [0.1, 0.15) is 24.8 Å². The first kappa shape index (κ1) is 22.5. The molecule has 0 unspecified atom stereocenters. The number of carbonyl (C=O) groups is 1. The van der Waals surface area contributed by atoms with Gasteiger partial charge in [0.2, 0.25) is 5.91 Å². The molecular weight excluding hydrogens is 405 g/mol. The standard InChI is InChI=1S/C21H28FN5O4/c1-14-6-7-15(12-16(14)22)24-17(28)13-27-20(29)18(25-8-4-3-5-9-25)19(23)26(21(27)30)10-11-31-2/h6-7,12H,3-5,8-11,13,23H2,1-2H3,(H,24,28). The molecule has 2 aromatic rings. The lowest BCUT2D eigenvalue weighted by Gasteiger charge is -2.30. The number of hydrogen-bond donors (Lipinski definition) is 2. The monoisotopic (exact) mass is 433 g/mol. The SMILES string of the molecule is COCCn1c(N)c(N2CCCCC2)c(=O)n(CC(=O)Nc2ccc(C)c(F)c2)c1=O. The van der Waals surface area contributed by atoms with E-state index in [1.54, 1.807) is 13.0 Å². The van der Waals surface area contributed by atoms with Crippen molar-refractivity contribution in [3.8, 4) is 0 Å². The summed E-state index contributed by atoms with van der Waals surface area (Å²) in [6, 6.07) is 4.28. The van der Waals surface area contributed by atoms with Crippen LogP contribution in [0.25, 0.3) is 0 Å². The third kappa shape index (κ3) is 4.96. The van der Waals surface area contributed by atoms with Crippen molar-refractivity contribution in [3.63, 3.8) is 0 Å². The number of benzene rings is 1. The van der Waals surface area contributed by atoms with E-state index in [-0.39, 0.29) is 30.3 Å². The van der Waals surface area contributed by atoms with Gasteiger partial charge in [0.05, 0.1) is 13.2 Å². The molecule has 3 N–H and O–H groups in total. The highest BCUT2D eigenvalue weighted by Crippen LogP contribution is 2.21. The molecule has 0 spiro atoms. The molecule has 0 saturated carbocycles. The number of nitrogens with one attached hydrogen (secondary N) is 1. The van der Waals surface area contributed by atoms with Gasteiger partial charge in [0.25, 0.3) is 5.56 Å². The number of nitrogens with zero attached hydrogens (tertiary/aromatic N) is 3. The highest BCUT2D eigenvalue weighted by molar-refractivity contribution is 5.90. The fourth-order valence-electron chi connectivity index (χ4n) is 3.67. The molecular formula is C21H28FN5O4. The van der Waals surface area contributed by atoms with Gasteiger partial charge in [-0.25, -0.2) is 13.8 Å². The van der Waals surface area contributed by atoms with Crippen molar-refractivity contribution in [2.45, 2.75) is 39.3 Å². The molecule has 9 nitrogen and oxygen atoms in total. The number of hydrogen-bond acceptors (Lipinski definition) is 6. The summed E-state index contributed by atoms with van der Waals surface area (Å²) in [5, 5.41) is 2.53. The lowest BCUT2D eigenvalue weighted by molar-refractivity contribution is -0.116. The van der Waals surface area contributed by atoms with E-state index in [1.165, 1.54) is 23.8 Å². The normalized spacial score (nSPS) is 14.0. The molecule has 1 fully saturated rings. The van der Waals surface area contributed by atoms with Crippen LogP contribution in [0.5, 0.6) is 0 Å². The van der Waals surface area contributed by atoms with E-state index < -0.39 is 29.5 Å². The Kier molecular flexibility index (Phi) is 7.11. The molecule has 0 aliphatic carbocycles. The van der Waals surface area contributed by atoms with Gasteiger partial charge in [-0.3, -0.25) is 14.2 Å². The molecule has 0 atom stereocenters. The van der Waals surface area contributed by atoms with E-state index >= 15 is 0 Å². The Balaban J connectivity index is 1.97. The molecule has 168 valence electrons. The second-order valence-electron chi connectivity index (χ2n) is 7.61. The van der Waals surface area contributed by atoms with Crippen molar-refractivity contribution in [2.75, 3.05) is 42.8 Å². The van der Waals surface area contributed by atoms with E-state index in [9.17, 15) is 18.8 Å². The molecule has 3 rings (SSSR count). The van der Waals surface area contributed by atoms with Crippen LogP contribution in [0.15, 0.2) is 27.8 Å². The van der Waals surface area contributed by atoms with Gasteiger partial charge >= 0.3 is 5.69 Å². The average molecular weight is 433 g/mol. The molecule has 31 heavy (non-hydrogen) atoms. The first-order valence-corrected chi connectivity index (χ1v) is 10.3. The number of piperidine rings is 1. The number of ether oxygens (including phenoxy) is 1. The van der Waals surface area contributed by atoms with Crippen LogP contribution < -0.4 is 27.2 Å². The summed E-state index contributed by atoms with van der Waals surface area (Å²) >= 11 is 0. The van der Waals surface area contributed by atoms with Gasteiger partial charge in [-0.15, -0.1) is 0 Å². The van der Waals surface area contributed by atoms with Crippen LogP contribution in [0, 0.1) is 12.7 Å². The smallest absolute Gasteiger partial charge is 0.333 e. The Labute approximate surface area is 179 Å². The molecule has 1 aliphatic heterocycles. The number of aromatic nitrogens is 2. The van der Waals surface area contributed by atoms with Crippen molar-refractivity contribution in [2.24, 2.45) is 0 Å². The second-order valence-corrected chi connectivity index (χ2v) is 7.61. The number of nitrogen functional groups attached to an aromatic ring is 1. The zero-order valence-electron chi connectivity index (χ0n) is 17.8. The fourth-order valence-corrected chi connectivity index (χ4v) is 3.67. The van der Waals surface area contributed by atoms with Gasteiger partial charge in [-0.1, -0.05) is 6.07 Å². The minimum absolute atomic E-state index is 0.0752. The highest BCUT2D eigenvalue weighted by Gasteiger charge is 2.24. The minimum Gasteiger partial charge on any atom is -0.383 e. The van der Waals surface area contributed by atoms with Gasteiger partial charge in [-0.2, -0.15) is 0 Å². The van der Waals surface area contributed by atoms with Crippen molar-refractivity contribution in [1.82, 2.24) is 9.13 Å². The average Bonchev–Trinajstić information content (AvgIpc) is 2.75. The topological polar surface area (TPSA) is 112 Å². The van der Waals surface area contributed by atoms with Crippen molar-refractivity contribution in [1.29, 1.82) is 0 Å². The number of anilines is 3. The molecule has 2 heterocycles. The molecule has 10 heteroatoms. The number of nitrogens with two attached hydrogens (primary N) is 1. The first-order valence-electron chi connectivity index (χ1n) is 10.3. The number of halogens is 1. The Bertz CT molecular complexity index is 1070. The summed E-state index contributed by atoms with van der Waals surface area (Å²) in [6.07, 6.45) is 2.88. The first-order chi connectivity index (χ1) is 14.8. The summed E-state index contributed by atoms with van der Waals surface area (Å²) in [4.78, 5) is 40.6. The highest BCUT2D eigenvalue weighted by atomic mass is 19.1. The largest absolute Gasteiger partial charge is 0.383 e. The minimum atomic E-state index is -0.689. The van der Waals surface area contributed by atoms with E-state index in [4.69, 9.17) is 10.5 Å². The Morgan fingerprint density at radius 1 is 1.19 bits per heavy atom. The maximum absolute atomic E-state index is 13.8. The summed E-state index contributed by atoms with van der Waals surface area (Å²) in [5.41, 5.74) is 5.84. The zero-order valence-corrected chi connectivity index (χ0v) is 17.8. The van der Waals surface area contributed by atoms with Crippen LogP contribution >= 0.6 is 0 Å². The Morgan fingerprint density at radius 3 is 2.55 bits per heavy atom. The van der Waals surface area contributed by atoms with Crippen molar-refractivity contribution < 1.29 is 13.9 Å². The molecule has 1 saturated heterocycles. The summed E-state index contributed by atoms with van der Waals surface area (Å²) in [7, 11) is 1.50. The predicted molar refractivity (Wildman–Crippen MR) is 117 cm³/mol. The molecule has 0 radical (unpaired) electrons. The molecule has 1 aromatic carbocycles. The maximum Gasteiger partial charge on any atom is 0.333 e. The molecule has 0 bridgehead atoms. The van der Waals surface area contributed by atoms with Crippen molar-refractivity contribution >= 4 is 23.1 Å². The number of methoxy groups -OCH3 is 1. The molecule has 1 amide bonds. The van der Waals surface area contributed by atoms with Gasteiger partial charge in [0, 0.05) is 25.9 Å². The van der Waals surface area contributed by atoms with E-state index in [0.717, 1.165) is 23.8 Å². The van der Waals surface area contributed by atoms with Crippen molar-refractivity contribution in [3.05, 3.63) is 50.4 Å². The van der Waals surface area contributed by atoms with Crippen LogP contribution in [-0.2, 0) is 22.6 Å². The van der Waals surface area contributed by atoms with Gasteiger partial charge in [-0.05, 0) is 43.9 Å². The van der Waals surface area contributed by atoms with Crippen LogP contribution in [-0.4, -0.2) is 41.8 Å². The zero-order chi connectivity index (χ0) is 22.5. The number of amides is 1.